The normalized spacial score (nSPS) is 12.6. The third kappa shape index (κ3) is 61.4. The first-order valence-corrected chi connectivity index (χ1v) is 34.1. The zero-order valence-corrected chi connectivity index (χ0v) is 50.8. The van der Waals surface area contributed by atoms with Gasteiger partial charge >= 0.3 is 5.97 Å². The molecule has 0 saturated heterocycles. The van der Waals surface area contributed by atoms with E-state index in [-0.39, 0.29) is 18.5 Å². The Balaban J connectivity index is 3.34. The van der Waals surface area contributed by atoms with Crippen LogP contribution >= 0.6 is 0 Å². The smallest absolute Gasteiger partial charge is 0.305 e. The molecule has 0 aliphatic rings. The summed E-state index contributed by atoms with van der Waals surface area (Å²) in [5.74, 6) is -0.0509. The maximum absolute atomic E-state index is 12.5. The molecule has 0 spiro atoms. The lowest BCUT2D eigenvalue weighted by Gasteiger charge is -2.20. The molecular formula is C69H133NO5. The molecule has 0 aromatic rings. The second kappa shape index (κ2) is 64.9. The van der Waals surface area contributed by atoms with Crippen molar-refractivity contribution in [3.05, 3.63) is 24.3 Å². The highest BCUT2D eigenvalue weighted by Gasteiger charge is 2.18. The van der Waals surface area contributed by atoms with Crippen LogP contribution in [0.3, 0.4) is 0 Å². The quantitative estimate of drug-likeness (QED) is 0.0320. The molecule has 0 bridgehead atoms. The number of aliphatic hydroxyl groups excluding tert-OH is 2. The van der Waals surface area contributed by atoms with Gasteiger partial charge in [-0.05, 0) is 57.8 Å². The molecule has 0 aliphatic heterocycles. The van der Waals surface area contributed by atoms with Gasteiger partial charge in [-0.15, -0.1) is 0 Å². The van der Waals surface area contributed by atoms with E-state index in [9.17, 15) is 19.8 Å². The number of ether oxygens (including phenoxy) is 1. The number of unbranched alkanes of at least 4 members (excludes halogenated alkanes) is 51. The van der Waals surface area contributed by atoms with Gasteiger partial charge in [-0.2, -0.15) is 0 Å². The summed E-state index contributed by atoms with van der Waals surface area (Å²) in [6, 6.07) is -0.624. The van der Waals surface area contributed by atoms with Crippen LogP contribution in [-0.2, 0) is 14.3 Å². The zero-order chi connectivity index (χ0) is 54.3. The molecule has 2 atom stereocenters. The van der Waals surface area contributed by atoms with Gasteiger partial charge in [0.2, 0.25) is 5.91 Å². The average Bonchev–Trinajstić information content (AvgIpc) is 3.41. The second-order valence-electron chi connectivity index (χ2n) is 23.5. The highest BCUT2D eigenvalue weighted by atomic mass is 16.5. The van der Waals surface area contributed by atoms with Gasteiger partial charge in [0.1, 0.15) is 0 Å². The molecule has 0 heterocycles. The van der Waals surface area contributed by atoms with Crippen molar-refractivity contribution in [2.75, 3.05) is 13.2 Å². The summed E-state index contributed by atoms with van der Waals surface area (Å²) in [5, 5.41) is 23.2. The molecule has 0 rings (SSSR count). The van der Waals surface area contributed by atoms with E-state index < -0.39 is 12.1 Å². The number of carbonyl (C=O) groups excluding carboxylic acids is 2. The van der Waals surface area contributed by atoms with Crippen LogP contribution in [0.2, 0.25) is 0 Å². The molecule has 444 valence electrons. The Morgan fingerprint density at radius 2 is 0.627 bits per heavy atom. The number of aliphatic hydroxyl groups is 2. The standard InChI is InChI=1S/C69H133NO5/c1-3-5-7-9-11-13-15-17-34-38-41-45-49-53-57-61-67(72)66(65-71)70-68(73)62-58-54-50-46-42-39-35-32-30-28-26-24-22-20-18-19-21-23-25-27-29-31-33-36-40-44-48-52-56-60-64-75-69(74)63-59-55-51-47-43-37-16-14-12-10-8-6-4-2/h14,16,57,61,66-67,71-72H,3-13,15,17-56,58-60,62-65H2,1-2H3,(H,70,73)/b16-14-,61-57+. The van der Waals surface area contributed by atoms with E-state index in [0.717, 1.165) is 44.9 Å². The van der Waals surface area contributed by atoms with Crippen LogP contribution in [0.25, 0.3) is 0 Å². The molecule has 0 aromatic heterocycles. The van der Waals surface area contributed by atoms with Crippen LogP contribution in [0.4, 0.5) is 0 Å². The summed E-state index contributed by atoms with van der Waals surface area (Å²) in [6.45, 7) is 4.91. The summed E-state index contributed by atoms with van der Waals surface area (Å²) in [5.41, 5.74) is 0. The van der Waals surface area contributed by atoms with E-state index in [1.54, 1.807) is 6.08 Å². The van der Waals surface area contributed by atoms with Crippen LogP contribution in [0, 0.1) is 0 Å². The van der Waals surface area contributed by atoms with E-state index in [2.05, 4.69) is 31.3 Å². The number of carbonyl (C=O) groups is 2. The van der Waals surface area contributed by atoms with E-state index in [1.807, 2.05) is 6.08 Å². The minimum atomic E-state index is -0.841. The van der Waals surface area contributed by atoms with Crippen LogP contribution in [0.1, 0.15) is 380 Å². The Labute approximate surface area is 469 Å². The van der Waals surface area contributed by atoms with Crippen molar-refractivity contribution in [2.45, 2.75) is 392 Å². The zero-order valence-electron chi connectivity index (χ0n) is 50.8. The molecular weight excluding hydrogens is 923 g/mol. The van der Waals surface area contributed by atoms with Crippen LogP contribution < -0.4 is 5.32 Å². The number of hydrogen-bond donors (Lipinski definition) is 3. The van der Waals surface area contributed by atoms with Crippen molar-refractivity contribution in [3.63, 3.8) is 0 Å². The third-order valence-corrected chi connectivity index (χ3v) is 16.0. The van der Waals surface area contributed by atoms with Crippen LogP contribution in [0.15, 0.2) is 24.3 Å². The molecule has 0 saturated carbocycles. The lowest BCUT2D eigenvalue weighted by atomic mass is 10.0. The number of amides is 1. The van der Waals surface area contributed by atoms with Crippen molar-refractivity contribution >= 4 is 11.9 Å². The van der Waals surface area contributed by atoms with Crippen LogP contribution in [-0.4, -0.2) is 47.4 Å². The van der Waals surface area contributed by atoms with E-state index >= 15 is 0 Å². The Hall–Kier alpha value is -1.66. The largest absolute Gasteiger partial charge is 0.466 e. The van der Waals surface area contributed by atoms with Gasteiger partial charge in [0.25, 0.3) is 0 Å². The average molecular weight is 1060 g/mol. The van der Waals surface area contributed by atoms with Crippen molar-refractivity contribution in [1.29, 1.82) is 0 Å². The fourth-order valence-corrected chi connectivity index (χ4v) is 10.7. The minimum absolute atomic E-state index is 0.0109. The highest BCUT2D eigenvalue weighted by molar-refractivity contribution is 5.76. The number of rotatable bonds is 64. The van der Waals surface area contributed by atoms with Gasteiger partial charge in [-0.25, -0.2) is 0 Å². The Morgan fingerprint density at radius 3 is 0.960 bits per heavy atom. The summed E-state index contributed by atoms with van der Waals surface area (Å²) in [7, 11) is 0. The van der Waals surface area contributed by atoms with E-state index in [1.165, 1.54) is 308 Å². The maximum atomic E-state index is 12.5. The number of esters is 1. The molecule has 1 amide bonds. The van der Waals surface area contributed by atoms with Gasteiger partial charge < -0.3 is 20.3 Å². The monoisotopic (exact) mass is 1060 g/mol. The molecule has 75 heavy (non-hydrogen) atoms. The first-order chi connectivity index (χ1) is 37.0. The summed E-state index contributed by atoms with van der Waals surface area (Å²) in [4.78, 5) is 24.5. The Morgan fingerprint density at radius 1 is 0.360 bits per heavy atom. The molecule has 3 N–H and O–H groups in total. The summed E-state index contributed by atoms with van der Waals surface area (Å²) >= 11 is 0. The first-order valence-electron chi connectivity index (χ1n) is 34.1. The van der Waals surface area contributed by atoms with Gasteiger partial charge in [0, 0.05) is 12.8 Å². The molecule has 6 heteroatoms. The topological polar surface area (TPSA) is 95.9 Å². The fourth-order valence-electron chi connectivity index (χ4n) is 10.7. The molecule has 2 unspecified atom stereocenters. The molecule has 0 radical (unpaired) electrons. The third-order valence-electron chi connectivity index (χ3n) is 16.0. The Bertz CT molecular complexity index is 1170. The Kier molecular flexibility index (Phi) is 63.4. The van der Waals surface area contributed by atoms with Crippen molar-refractivity contribution < 1.29 is 24.5 Å². The second-order valence-corrected chi connectivity index (χ2v) is 23.5. The molecule has 0 aliphatic carbocycles. The van der Waals surface area contributed by atoms with Gasteiger partial charge in [-0.3, -0.25) is 9.59 Å². The number of nitrogens with one attached hydrogen (secondary N) is 1. The minimum Gasteiger partial charge on any atom is -0.466 e. The van der Waals surface area contributed by atoms with Crippen LogP contribution in [0.5, 0.6) is 0 Å². The van der Waals surface area contributed by atoms with E-state index in [4.69, 9.17) is 4.74 Å². The molecule has 0 aromatic carbocycles. The fraction of sp³-hybridized carbons (Fsp3) is 0.913. The highest BCUT2D eigenvalue weighted by Crippen LogP contribution is 2.19. The number of hydrogen-bond acceptors (Lipinski definition) is 5. The molecule has 6 nitrogen and oxygen atoms in total. The molecule has 0 fully saturated rings. The first kappa shape index (κ1) is 73.3. The van der Waals surface area contributed by atoms with Gasteiger partial charge in [0.15, 0.2) is 0 Å². The predicted molar refractivity (Wildman–Crippen MR) is 329 cm³/mol. The lowest BCUT2D eigenvalue weighted by Crippen LogP contribution is -2.45. The SMILES string of the molecule is CCCCCC/C=C\CCCCCCCC(=O)OCCCCCCCCCCCCCCCCCCCCCCCCCCCCCCCCC(=O)NC(CO)C(O)/C=C/CCCCCCCCCCCCCCC. The maximum Gasteiger partial charge on any atom is 0.305 e. The van der Waals surface area contributed by atoms with Crippen molar-refractivity contribution in [1.82, 2.24) is 5.32 Å². The number of allylic oxidation sites excluding steroid dienone is 3. The van der Waals surface area contributed by atoms with Gasteiger partial charge in [-0.1, -0.05) is 334 Å². The summed E-state index contributed by atoms with van der Waals surface area (Å²) in [6.07, 6.45) is 81.1. The van der Waals surface area contributed by atoms with E-state index in [0.29, 0.717) is 19.4 Å². The lowest BCUT2D eigenvalue weighted by molar-refractivity contribution is -0.143. The van der Waals surface area contributed by atoms with Crippen molar-refractivity contribution in [3.8, 4) is 0 Å². The van der Waals surface area contributed by atoms with Crippen molar-refractivity contribution in [2.24, 2.45) is 0 Å². The van der Waals surface area contributed by atoms with Gasteiger partial charge in [0.05, 0.1) is 25.4 Å². The summed E-state index contributed by atoms with van der Waals surface area (Å²) < 4.78 is 5.48. The predicted octanol–water partition coefficient (Wildman–Crippen LogP) is 21.8.